The number of furan rings is 2. The molecule has 11 aromatic rings. The Morgan fingerprint density at radius 1 is 0.364 bits per heavy atom. The van der Waals surface area contributed by atoms with Crippen molar-refractivity contribution in [3.05, 3.63) is 188 Å². The molecule has 0 aliphatic rings. The van der Waals surface area contributed by atoms with E-state index in [1.807, 2.05) is 60.7 Å². The Labute approximate surface area is 316 Å². The van der Waals surface area contributed by atoms with Gasteiger partial charge in [-0.2, -0.15) is 0 Å². The second-order valence-electron chi connectivity index (χ2n) is 13.8. The van der Waals surface area contributed by atoms with Crippen LogP contribution in [0.15, 0.2) is 197 Å². The summed E-state index contributed by atoms with van der Waals surface area (Å²) < 4.78 is 12.8. The Morgan fingerprint density at radius 3 is 1.84 bits per heavy atom. The zero-order chi connectivity index (χ0) is 36.3. The highest BCUT2D eigenvalue weighted by molar-refractivity contribution is 6.13. The van der Waals surface area contributed by atoms with E-state index in [1.54, 1.807) is 0 Å². The third-order valence-corrected chi connectivity index (χ3v) is 10.5. The number of fused-ring (bicyclic) bond motifs is 7. The molecule has 0 atom stereocenters. The molecule has 8 aromatic carbocycles. The van der Waals surface area contributed by atoms with Crippen LogP contribution in [0.2, 0.25) is 0 Å². The summed E-state index contributed by atoms with van der Waals surface area (Å²) in [4.78, 5) is 12.5. The van der Waals surface area contributed by atoms with Gasteiger partial charge in [0, 0.05) is 61.2 Å². The van der Waals surface area contributed by atoms with Crippen LogP contribution in [0.1, 0.15) is 0 Å². The number of hydrogen-bond donors (Lipinski definition) is 0. The Balaban J connectivity index is 0.979. The molecule has 5 nitrogen and oxygen atoms in total. The zero-order valence-corrected chi connectivity index (χ0v) is 29.6. The molecule has 0 radical (unpaired) electrons. The van der Waals surface area contributed by atoms with E-state index < -0.39 is 0 Å². The molecule has 258 valence electrons. The number of nitrogens with zero attached hydrogens (tertiary/aromatic N) is 3. The quantitative estimate of drug-likeness (QED) is 0.172. The van der Waals surface area contributed by atoms with Crippen molar-refractivity contribution in [3.8, 4) is 33.8 Å². The molecule has 0 spiro atoms. The molecule has 3 aromatic heterocycles. The lowest BCUT2D eigenvalue weighted by Gasteiger charge is -2.25. The maximum atomic E-state index is 6.54. The standard InChI is InChI=1S/C50H31N3O2/c1-3-12-33(13-4-1)49-40-17-7-9-19-43(40)51-50(52-49)42-18-11-21-45-48(42)41-28-24-34(30-46(41)55-45)32-22-25-36(26-23-32)53(35-14-5-2-6-15-35)37-27-29-39-38-16-8-10-20-44(38)54-47(39)31-37/h1-31H. The van der Waals surface area contributed by atoms with E-state index >= 15 is 0 Å². The predicted octanol–water partition coefficient (Wildman–Crippen LogP) is 13.9. The second kappa shape index (κ2) is 12.6. The fourth-order valence-electron chi connectivity index (χ4n) is 7.89. The average Bonchev–Trinajstić information content (AvgIpc) is 3.82. The minimum atomic E-state index is 0.674. The van der Waals surface area contributed by atoms with Gasteiger partial charge in [-0.05, 0) is 77.9 Å². The van der Waals surface area contributed by atoms with Crippen LogP contribution >= 0.6 is 0 Å². The summed E-state index contributed by atoms with van der Waals surface area (Å²) in [6.45, 7) is 0. The van der Waals surface area contributed by atoms with E-state index in [1.165, 1.54) is 0 Å². The first kappa shape index (κ1) is 31.1. The monoisotopic (exact) mass is 705 g/mol. The Hall–Kier alpha value is -7.50. The molecule has 0 N–H and O–H groups in total. The van der Waals surface area contributed by atoms with E-state index in [0.717, 1.165) is 99.8 Å². The first-order valence-corrected chi connectivity index (χ1v) is 18.4. The molecule has 0 bridgehead atoms. The summed E-state index contributed by atoms with van der Waals surface area (Å²) >= 11 is 0. The van der Waals surface area contributed by atoms with Crippen LogP contribution in [0, 0.1) is 0 Å². The van der Waals surface area contributed by atoms with Gasteiger partial charge >= 0.3 is 0 Å². The van der Waals surface area contributed by atoms with Crippen molar-refractivity contribution in [2.75, 3.05) is 4.90 Å². The lowest BCUT2D eigenvalue weighted by Crippen LogP contribution is -2.09. The molecule has 0 aliphatic heterocycles. The van der Waals surface area contributed by atoms with Crippen LogP contribution < -0.4 is 4.90 Å². The minimum absolute atomic E-state index is 0.674. The van der Waals surface area contributed by atoms with Gasteiger partial charge in [-0.1, -0.05) is 115 Å². The fourth-order valence-corrected chi connectivity index (χ4v) is 7.89. The molecular weight excluding hydrogens is 675 g/mol. The average molecular weight is 706 g/mol. The van der Waals surface area contributed by atoms with Gasteiger partial charge in [-0.15, -0.1) is 0 Å². The lowest BCUT2D eigenvalue weighted by atomic mass is 10.0. The van der Waals surface area contributed by atoms with Gasteiger partial charge in [-0.25, -0.2) is 9.97 Å². The topological polar surface area (TPSA) is 55.3 Å². The van der Waals surface area contributed by atoms with Gasteiger partial charge in [0.2, 0.25) is 0 Å². The highest BCUT2D eigenvalue weighted by Gasteiger charge is 2.19. The van der Waals surface area contributed by atoms with Crippen molar-refractivity contribution >= 4 is 71.8 Å². The molecule has 5 heteroatoms. The summed E-state index contributed by atoms with van der Waals surface area (Å²) in [5, 5.41) is 5.29. The van der Waals surface area contributed by atoms with Crippen molar-refractivity contribution < 1.29 is 8.83 Å². The summed E-state index contributed by atoms with van der Waals surface area (Å²) in [5.41, 5.74) is 12.5. The third kappa shape index (κ3) is 5.24. The zero-order valence-electron chi connectivity index (χ0n) is 29.6. The first-order valence-electron chi connectivity index (χ1n) is 18.4. The molecular formula is C50H31N3O2. The first-order chi connectivity index (χ1) is 27.2. The van der Waals surface area contributed by atoms with Crippen LogP contribution in [-0.4, -0.2) is 9.97 Å². The van der Waals surface area contributed by atoms with Gasteiger partial charge in [0.25, 0.3) is 0 Å². The van der Waals surface area contributed by atoms with Crippen LogP contribution in [0.4, 0.5) is 17.1 Å². The number of rotatable bonds is 6. The number of para-hydroxylation sites is 3. The van der Waals surface area contributed by atoms with Gasteiger partial charge in [0.1, 0.15) is 22.3 Å². The van der Waals surface area contributed by atoms with Crippen molar-refractivity contribution in [3.63, 3.8) is 0 Å². The number of aromatic nitrogens is 2. The Bertz CT molecular complexity index is 3200. The van der Waals surface area contributed by atoms with Crippen molar-refractivity contribution in [1.29, 1.82) is 0 Å². The molecule has 0 unspecified atom stereocenters. The van der Waals surface area contributed by atoms with E-state index in [9.17, 15) is 0 Å². The maximum Gasteiger partial charge on any atom is 0.161 e. The van der Waals surface area contributed by atoms with Gasteiger partial charge in [-0.3, -0.25) is 0 Å². The molecule has 0 aliphatic carbocycles. The number of benzene rings is 8. The number of anilines is 3. The van der Waals surface area contributed by atoms with E-state index in [-0.39, 0.29) is 0 Å². The number of hydrogen-bond acceptors (Lipinski definition) is 5. The van der Waals surface area contributed by atoms with E-state index in [2.05, 4.69) is 132 Å². The van der Waals surface area contributed by atoms with Gasteiger partial charge in [0.15, 0.2) is 5.82 Å². The molecule has 0 saturated carbocycles. The van der Waals surface area contributed by atoms with Crippen LogP contribution in [0.25, 0.3) is 88.6 Å². The maximum absolute atomic E-state index is 6.54. The largest absolute Gasteiger partial charge is 0.456 e. The Kier molecular flexibility index (Phi) is 7.10. The molecule has 0 saturated heterocycles. The summed E-state index contributed by atoms with van der Waals surface area (Å²) in [5.74, 6) is 0.674. The van der Waals surface area contributed by atoms with Crippen LogP contribution in [-0.2, 0) is 0 Å². The summed E-state index contributed by atoms with van der Waals surface area (Å²) in [6, 6.07) is 64.9. The molecule has 0 amide bonds. The lowest BCUT2D eigenvalue weighted by molar-refractivity contribution is 0.668. The predicted molar refractivity (Wildman–Crippen MR) is 225 cm³/mol. The smallest absolute Gasteiger partial charge is 0.161 e. The second-order valence-corrected chi connectivity index (χ2v) is 13.8. The Morgan fingerprint density at radius 2 is 0.982 bits per heavy atom. The summed E-state index contributed by atoms with van der Waals surface area (Å²) in [6.07, 6.45) is 0. The molecule has 0 fully saturated rings. The molecule has 3 heterocycles. The van der Waals surface area contributed by atoms with Gasteiger partial charge < -0.3 is 13.7 Å². The molecule has 55 heavy (non-hydrogen) atoms. The minimum Gasteiger partial charge on any atom is -0.456 e. The highest BCUT2D eigenvalue weighted by Crippen LogP contribution is 2.41. The summed E-state index contributed by atoms with van der Waals surface area (Å²) in [7, 11) is 0. The van der Waals surface area contributed by atoms with Crippen LogP contribution in [0.3, 0.4) is 0 Å². The van der Waals surface area contributed by atoms with Crippen molar-refractivity contribution in [1.82, 2.24) is 9.97 Å². The van der Waals surface area contributed by atoms with Crippen molar-refractivity contribution in [2.24, 2.45) is 0 Å². The van der Waals surface area contributed by atoms with Gasteiger partial charge in [0.05, 0.1) is 11.2 Å². The SMILES string of the molecule is c1ccc(-c2nc(-c3cccc4oc5cc(-c6ccc(N(c7ccccc7)c7ccc8c(c7)oc7ccccc78)cc6)ccc5c34)nc3ccccc23)cc1. The van der Waals surface area contributed by atoms with Crippen molar-refractivity contribution in [2.45, 2.75) is 0 Å². The normalized spacial score (nSPS) is 11.6. The van der Waals surface area contributed by atoms with Crippen LogP contribution in [0.5, 0.6) is 0 Å². The third-order valence-electron chi connectivity index (χ3n) is 10.5. The molecule has 11 rings (SSSR count). The van der Waals surface area contributed by atoms with E-state index in [0.29, 0.717) is 5.82 Å². The highest BCUT2D eigenvalue weighted by atomic mass is 16.3. The van der Waals surface area contributed by atoms with E-state index in [4.69, 9.17) is 18.8 Å². The fraction of sp³-hybridized carbons (Fsp3) is 0.